The van der Waals surface area contributed by atoms with Gasteiger partial charge in [0.25, 0.3) is 0 Å². The third-order valence-electron chi connectivity index (χ3n) is 4.12. The van der Waals surface area contributed by atoms with Gasteiger partial charge in [0.2, 0.25) is 5.95 Å². The first-order valence-corrected chi connectivity index (χ1v) is 9.43. The highest BCUT2D eigenvalue weighted by Gasteiger charge is 2.10. The van der Waals surface area contributed by atoms with Crippen molar-refractivity contribution < 1.29 is 0 Å². The minimum atomic E-state index is 0.293. The molecule has 2 aromatic heterocycles. The lowest BCUT2D eigenvalue weighted by Gasteiger charge is -2.15. The van der Waals surface area contributed by atoms with E-state index in [9.17, 15) is 0 Å². The van der Waals surface area contributed by atoms with Crippen LogP contribution in [0.4, 0.5) is 17.5 Å². The lowest BCUT2D eigenvalue weighted by molar-refractivity contribution is 0.753. The number of nitrogens with one attached hydrogen (secondary N) is 2. The zero-order valence-electron chi connectivity index (χ0n) is 15.1. The molecule has 0 fully saturated rings. The molecule has 0 spiro atoms. The molecule has 1 atom stereocenters. The Bertz CT molecular complexity index is 883. The van der Waals surface area contributed by atoms with Gasteiger partial charge in [0, 0.05) is 40.2 Å². The highest BCUT2D eigenvalue weighted by Crippen LogP contribution is 2.26. The maximum Gasteiger partial charge on any atom is 0.225 e. The molecule has 2 heterocycles. The number of aryl methyl sites for hydroxylation is 1. The summed E-state index contributed by atoms with van der Waals surface area (Å²) in [6.07, 6.45) is 4.56. The first-order valence-electron chi connectivity index (χ1n) is 8.64. The molecule has 134 valence electrons. The first-order chi connectivity index (χ1) is 12.5. The fourth-order valence-electron chi connectivity index (χ4n) is 2.47. The van der Waals surface area contributed by atoms with Crippen LogP contribution in [0.25, 0.3) is 11.3 Å². The number of aromatic nitrogens is 3. The summed E-state index contributed by atoms with van der Waals surface area (Å²) in [6.45, 7) is 6.31. The highest BCUT2D eigenvalue weighted by atomic mass is 79.9. The Balaban J connectivity index is 1.98. The third kappa shape index (κ3) is 4.58. The maximum absolute atomic E-state index is 4.66. The van der Waals surface area contributed by atoms with Crippen molar-refractivity contribution in [3.63, 3.8) is 0 Å². The van der Waals surface area contributed by atoms with Crippen LogP contribution in [0.15, 0.2) is 53.3 Å². The van der Waals surface area contributed by atoms with Gasteiger partial charge in [-0.1, -0.05) is 22.9 Å². The van der Waals surface area contributed by atoms with Gasteiger partial charge in [-0.05, 0) is 56.2 Å². The molecule has 0 unspecified atom stereocenters. The molecule has 0 aliphatic rings. The van der Waals surface area contributed by atoms with Gasteiger partial charge in [-0.25, -0.2) is 4.98 Å². The van der Waals surface area contributed by atoms with Gasteiger partial charge >= 0.3 is 0 Å². The molecule has 5 nitrogen and oxygen atoms in total. The third-order valence-corrected chi connectivity index (χ3v) is 4.62. The number of nitrogens with zero attached hydrogens (tertiary/aromatic N) is 3. The van der Waals surface area contributed by atoms with Crippen molar-refractivity contribution in [2.75, 3.05) is 10.6 Å². The molecule has 3 aromatic rings. The van der Waals surface area contributed by atoms with Crippen molar-refractivity contribution in [2.45, 2.75) is 33.2 Å². The van der Waals surface area contributed by atoms with E-state index < -0.39 is 0 Å². The van der Waals surface area contributed by atoms with Crippen LogP contribution in [-0.4, -0.2) is 21.0 Å². The molecular weight excluding hydrogens is 390 g/mol. The molecule has 3 rings (SSSR count). The van der Waals surface area contributed by atoms with Crippen LogP contribution in [0, 0.1) is 6.92 Å². The number of rotatable bonds is 6. The quantitative estimate of drug-likeness (QED) is 0.555. The minimum absolute atomic E-state index is 0.293. The van der Waals surface area contributed by atoms with E-state index in [1.807, 2.05) is 36.5 Å². The van der Waals surface area contributed by atoms with Gasteiger partial charge in [-0.15, -0.1) is 0 Å². The van der Waals surface area contributed by atoms with Gasteiger partial charge in [-0.3, -0.25) is 4.98 Å². The van der Waals surface area contributed by atoms with E-state index in [4.69, 9.17) is 0 Å². The van der Waals surface area contributed by atoms with Gasteiger partial charge < -0.3 is 10.6 Å². The fourth-order valence-corrected chi connectivity index (χ4v) is 2.94. The van der Waals surface area contributed by atoms with Crippen LogP contribution in [0.5, 0.6) is 0 Å². The summed E-state index contributed by atoms with van der Waals surface area (Å²) in [5.41, 5.74) is 3.93. The second-order valence-corrected chi connectivity index (χ2v) is 7.16. The van der Waals surface area contributed by atoms with E-state index in [0.717, 1.165) is 39.2 Å². The average Bonchev–Trinajstić information content (AvgIpc) is 2.64. The summed E-state index contributed by atoms with van der Waals surface area (Å²) in [7, 11) is 0. The molecular formula is C20H22BrN5. The number of hydrogen-bond donors (Lipinski definition) is 2. The van der Waals surface area contributed by atoms with Crippen molar-refractivity contribution in [3.8, 4) is 11.3 Å². The second kappa shape index (κ2) is 8.27. The van der Waals surface area contributed by atoms with Crippen molar-refractivity contribution in [1.82, 2.24) is 15.0 Å². The Morgan fingerprint density at radius 1 is 1.15 bits per heavy atom. The van der Waals surface area contributed by atoms with Crippen molar-refractivity contribution in [1.29, 1.82) is 0 Å². The molecule has 6 heteroatoms. The molecule has 0 bridgehead atoms. The van der Waals surface area contributed by atoms with Crippen LogP contribution in [-0.2, 0) is 0 Å². The predicted molar refractivity (Wildman–Crippen MR) is 111 cm³/mol. The minimum Gasteiger partial charge on any atom is -0.352 e. The molecule has 26 heavy (non-hydrogen) atoms. The molecule has 0 aliphatic heterocycles. The molecule has 0 radical (unpaired) electrons. The number of anilines is 3. The lowest BCUT2D eigenvalue weighted by Crippen LogP contribution is -2.16. The highest BCUT2D eigenvalue weighted by molar-refractivity contribution is 9.10. The van der Waals surface area contributed by atoms with E-state index >= 15 is 0 Å². The Hall–Kier alpha value is -2.47. The summed E-state index contributed by atoms with van der Waals surface area (Å²) in [6, 6.07) is 12.3. The van der Waals surface area contributed by atoms with E-state index in [1.54, 1.807) is 6.20 Å². The molecule has 0 saturated carbocycles. The van der Waals surface area contributed by atoms with E-state index in [2.05, 4.69) is 68.4 Å². The summed E-state index contributed by atoms with van der Waals surface area (Å²) >= 11 is 3.50. The van der Waals surface area contributed by atoms with Crippen molar-refractivity contribution in [2.24, 2.45) is 0 Å². The van der Waals surface area contributed by atoms with E-state index in [1.165, 1.54) is 0 Å². The largest absolute Gasteiger partial charge is 0.352 e. The van der Waals surface area contributed by atoms with Crippen molar-refractivity contribution in [3.05, 3.63) is 58.8 Å². The number of benzene rings is 1. The van der Waals surface area contributed by atoms with Crippen LogP contribution in [0.3, 0.4) is 0 Å². The smallest absolute Gasteiger partial charge is 0.225 e. The molecule has 0 aliphatic carbocycles. The summed E-state index contributed by atoms with van der Waals surface area (Å²) in [4.78, 5) is 13.5. The van der Waals surface area contributed by atoms with Crippen LogP contribution < -0.4 is 10.6 Å². The average molecular weight is 412 g/mol. The van der Waals surface area contributed by atoms with Gasteiger partial charge in [0.1, 0.15) is 5.82 Å². The summed E-state index contributed by atoms with van der Waals surface area (Å²) in [5.74, 6) is 1.35. The molecule has 0 amide bonds. The van der Waals surface area contributed by atoms with Gasteiger partial charge in [-0.2, -0.15) is 4.98 Å². The normalized spacial score (nSPS) is 11.8. The number of pyridine rings is 1. The van der Waals surface area contributed by atoms with E-state index in [0.29, 0.717) is 12.0 Å². The topological polar surface area (TPSA) is 62.7 Å². The van der Waals surface area contributed by atoms with Crippen molar-refractivity contribution >= 4 is 33.4 Å². The number of halogens is 1. The van der Waals surface area contributed by atoms with Gasteiger partial charge in [0.15, 0.2) is 0 Å². The van der Waals surface area contributed by atoms with Gasteiger partial charge in [0.05, 0.1) is 5.69 Å². The number of hydrogen-bond acceptors (Lipinski definition) is 5. The van der Waals surface area contributed by atoms with Crippen LogP contribution >= 0.6 is 15.9 Å². The first kappa shape index (κ1) is 18.3. The Morgan fingerprint density at radius 2 is 2.00 bits per heavy atom. The molecule has 1 aromatic carbocycles. The Kier molecular flexibility index (Phi) is 5.83. The van der Waals surface area contributed by atoms with Crippen LogP contribution in [0.2, 0.25) is 0 Å². The second-order valence-electron chi connectivity index (χ2n) is 6.24. The summed E-state index contributed by atoms with van der Waals surface area (Å²) < 4.78 is 1.05. The molecule has 0 saturated heterocycles. The molecule has 2 N–H and O–H groups in total. The van der Waals surface area contributed by atoms with E-state index in [-0.39, 0.29) is 0 Å². The summed E-state index contributed by atoms with van der Waals surface area (Å²) in [5, 5.41) is 6.77. The SMILES string of the molecule is CC[C@H](C)Nc1nc(Nc2ccc(Br)cc2C)cc(-c2cccnc2)n1. The Morgan fingerprint density at radius 3 is 2.69 bits per heavy atom. The van der Waals surface area contributed by atoms with Crippen LogP contribution in [0.1, 0.15) is 25.8 Å². The zero-order chi connectivity index (χ0) is 18.5. The maximum atomic E-state index is 4.66. The monoisotopic (exact) mass is 411 g/mol. The Labute approximate surface area is 162 Å². The standard InChI is InChI=1S/C20H22BrN5/c1-4-14(3)23-20-25-18(15-6-5-9-22-12-15)11-19(26-20)24-17-8-7-16(21)10-13(17)2/h5-12,14H,4H2,1-3H3,(H2,23,24,25,26)/t14-/m0/s1. The zero-order valence-corrected chi connectivity index (χ0v) is 16.7. The lowest BCUT2D eigenvalue weighted by atomic mass is 10.2. The predicted octanol–water partition coefficient (Wildman–Crippen LogP) is 5.56. The fraction of sp³-hybridized carbons (Fsp3) is 0.250.